The van der Waals surface area contributed by atoms with Crippen molar-refractivity contribution in [3.8, 4) is 0 Å². The monoisotopic (exact) mass is 235 g/mol. The molecule has 1 amide bonds. The van der Waals surface area contributed by atoms with Gasteiger partial charge in [-0.2, -0.15) is 0 Å². The van der Waals surface area contributed by atoms with Gasteiger partial charge in [-0.15, -0.1) is 0 Å². The number of rotatable bonds is 3. The molecule has 1 N–H and O–H groups in total. The van der Waals surface area contributed by atoms with Gasteiger partial charge in [-0.3, -0.25) is 4.79 Å². The average Bonchev–Trinajstić information content (AvgIpc) is 2.74. The van der Waals surface area contributed by atoms with Crippen molar-refractivity contribution in [2.24, 2.45) is 17.8 Å². The highest BCUT2D eigenvalue weighted by Gasteiger charge is 2.39. The van der Waals surface area contributed by atoms with Crippen molar-refractivity contribution in [3.05, 3.63) is 0 Å². The van der Waals surface area contributed by atoms with Crippen LogP contribution in [0.15, 0.2) is 0 Å². The minimum Gasteiger partial charge on any atom is -0.353 e. The van der Waals surface area contributed by atoms with Crippen molar-refractivity contribution < 1.29 is 4.79 Å². The lowest BCUT2D eigenvalue weighted by Crippen LogP contribution is -2.34. The number of carbonyl (C=O) groups excluding carboxylic acids is 1. The van der Waals surface area contributed by atoms with Crippen LogP contribution < -0.4 is 5.32 Å². The Morgan fingerprint density at radius 3 is 2.64 bits per heavy atom. The van der Waals surface area contributed by atoms with E-state index < -0.39 is 4.84 Å². The first-order valence-electron chi connectivity index (χ1n) is 5.22. The van der Waals surface area contributed by atoms with E-state index >= 15 is 0 Å². The molecular weight excluding hydrogens is 221 g/mol. The third-order valence-corrected chi connectivity index (χ3v) is 4.02. The van der Waals surface area contributed by atoms with Gasteiger partial charge in [-0.25, -0.2) is 0 Å². The lowest BCUT2D eigenvalue weighted by molar-refractivity contribution is -0.119. The van der Waals surface area contributed by atoms with Gasteiger partial charge in [-0.05, 0) is 37.0 Å². The van der Waals surface area contributed by atoms with Crippen molar-refractivity contribution in [2.75, 3.05) is 6.54 Å². The molecule has 0 aliphatic heterocycles. The highest BCUT2D eigenvalue weighted by Crippen LogP contribution is 2.47. The maximum atomic E-state index is 11.1. The summed E-state index contributed by atoms with van der Waals surface area (Å²) in [5.41, 5.74) is 0. The van der Waals surface area contributed by atoms with E-state index in [1.807, 2.05) is 0 Å². The van der Waals surface area contributed by atoms with E-state index in [9.17, 15) is 4.79 Å². The molecule has 0 aromatic rings. The zero-order valence-corrected chi connectivity index (χ0v) is 9.52. The van der Waals surface area contributed by atoms with E-state index in [1.54, 1.807) is 0 Å². The fourth-order valence-corrected chi connectivity index (χ4v) is 3.09. The summed E-state index contributed by atoms with van der Waals surface area (Å²) in [5.74, 6) is 2.18. The quantitative estimate of drug-likeness (QED) is 0.748. The molecule has 0 radical (unpaired) electrons. The zero-order valence-electron chi connectivity index (χ0n) is 8.01. The van der Waals surface area contributed by atoms with Crippen LogP contribution in [-0.2, 0) is 4.79 Å². The van der Waals surface area contributed by atoms with Gasteiger partial charge in [0.25, 0.3) is 5.91 Å². The van der Waals surface area contributed by atoms with Crippen molar-refractivity contribution >= 4 is 29.1 Å². The first-order valence-corrected chi connectivity index (χ1v) is 6.10. The smallest absolute Gasteiger partial charge is 0.253 e. The minimum absolute atomic E-state index is 0.254. The van der Waals surface area contributed by atoms with E-state index in [1.165, 1.54) is 25.7 Å². The predicted molar refractivity (Wildman–Crippen MR) is 57.4 cm³/mol. The fourth-order valence-electron chi connectivity index (χ4n) is 2.94. The largest absolute Gasteiger partial charge is 0.353 e. The maximum Gasteiger partial charge on any atom is 0.253 e. The van der Waals surface area contributed by atoms with Gasteiger partial charge in [-0.1, -0.05) is 29.6 Å². The summed E-state index contributed by atoms with van der Waals surface area (Å²) in [5, 5.41) is 2.81. The van der Waals surface area contributed by atoms with E-state index in [4.69, 9.17) is 23.2 Å². The molecule has 0 aromatic carbocycles. The van der Waals surface area contributed by atoms with Crippen LogP contribution in [0.25, 0.3) is 0 Å². The Bertz CT molecular complexity index is 232. The van der Waals surface area contributed by atoms with Crippen LogP contribution in [0.5, 0.6) is 0 Å². The Kier molecular flexibility index (Phi) is 3.23. The van der Waals surface area contributed by atoms with Gasteiger partial charge in [0.2, 0.25) is 0 Å². The molecule has 2 rings (SSSR count). The van der Waals surface area contributed by atoms with Crippen molar-refractivity contribution in [1.29, 1.82) is 0 Å². The number of amides is 1. The number of alkyl halides is 2. The van der Waals surface area contributed by atoms with Gasteiger partial charge in [0, 0.05) is 6.54 Å². The second kappa shape index (κ2) is 4.28. The Labute approximate surface area is 94.3 Å². The lowest BCUT2D eigenvalue weighted by atomic mass is 9.89. The highest BCUT2D eigenvalue weighted by atomic mass is 35.5. The molecule has 0 saturated heterocycles. The van der Waals surface area contributed by atoms with Gasteiger partial charge in [0.05, 0.1) is 0 Å². The second-order valence-corrected chi connectivity index (χ2v) is 5.58. The summed E-state index contributed by atoms with van der Waals surface area (Å²) in [6, 6.07) is 0. The summed E-state index contributed by atoms with van der Waals surface area (Å²) < 4.78 is 0. The molecule has 0 unspecified atom stereocenters. The first kappa shape index (κ1) is 10.6. The van der Waals surface area contributed by atoms with Crippen molar-refractivity contribution in [1.82, 2.24) is 5.32 Å². The lowest BCUT2D eigenvalue weighted by Gasteiger charge is -2.21. The van der Waals surface area contributed by atoms with Crippen LogP contribution in [0, 0.1) is 17.8 Å². The third kappa shape index (κ3) is 2.17. The normalized spacial score (nSPS) is 35.2. The maximum absolute atomic E-state index is 11.1. The topological polar surface area (TPSA) is 29.1 Å². The summed E-state index contributed by atoms with van der Waals surface area (Å²) >= 11 is 10.9. The summed E-state index contributed by atoms with van der Waals surface area (Å²) in [4.78, 5) is 10.2. The molecule has 3 atom stereocenters. The molecule has 2 aliphatic rings. The van der Waals surface area contributed by atoms with Gasteiger partial charge in [0.15, 0.2) is 4.84 Å². The Hall–Kier alpha value is 0.0500. The molecule has 0 spiro atoms. The summed E-state index contributed by atoms with van der Waals surface area (Å²) in [6.07, 6.45) is 5.38. The minimum atomic E-state index is -0.923. The summed E-state index contributed by atoms with van der Waals surface area (Å²) in [7, 11) is 0. The zero-order chi connectivity index (χ0) is 10.1. The third-order valence-electron chi connectivity index (χ3n) is 3.62. The van der Waals surface area contributed by atoms with Crippen LogP contribution in [0.4, 0.5) is 0 Å². The number of halogens is 2. The van der Waals surface area contributed by atoms with Crippen LogP contribution >= 0.6 is 23.2 Å². The number of hydrogen-bond acceptors (Lipinski definition) is 1. The Balaban J connectivity index is 1.74. The van der Waals surface area contributed by atoms with E-state index in [0.29, 0.717) is 5.92 Å². The Morgan fingerprint density at radius 1 is 1.36 bits per heavy atom. The van der Waals surface area contributed by atoms with Gasteiger partial charge < -0.3 is 5.32 Å². The average molecular weight is 236 g/mol. The SMILES string of the molecule is O=C(NC[C@H]1C[C@H]2CC[C@H]1C2)C(Cl)Cl. The molecule has 80 valence electrons. The number of fused-ring (bicyclic) bond motifs is 2. The first-order chi connectivity index (χ1) is 6.66. The fraction of sp³-hybridized carbons (Fsp3) is 0.900. The molecule has 2 fully saturated rings. The number of carbonyl (C=O) groups is 1. The molecule has 0 aromatic heterocycles. The highest BCUT2D eigenvalue weighted by molar-refractivity contribution is 6.53. The van der Waals surface area contributed by atoms with Gasteiger partial charge >= 0.3 is 0 Å². The predicted octanol–water partition coefficient (Wildman–Crippen LogP) is 2.34. The molecule has 2 nitrogen and oxygen atoms in total. The second-order valence-electron chi connectivity index (χ2n) is 4.48. The Morgan fingerprint density at radius 2 is 2.14 bits per heavy atom. The molecular formula is C10H15Cl2NO. The molecule has 14 heavy (non-hydrogen) atoms. The molecule has 4 heteroatoms. The molecule has 2 aliphatic carbocycles. The van der Waals surface area contributed by atoms with Crippen LogP contribution in [0.3, 0.4) is 0 Å². The van der Waals surface area contributed by atoms with Crippen molar-refractivity contribution in [3.63, 3.8) is 0 Å². The molecule has 2 bridgehead atoms. The van der Waals surface area contributed by atoms with Crippen molar-refractivity contribution in [2.45, 2.75) is 30.5 Å². The standard InChI is InChI=1S/C10H15Cl2NO/c11-9(12)10(14)13-5-8-4-6-1-2-7(8)3-6/h6-9H,1-5H2,(H,13,14)/t6-,7-,8+/m0/s1. The van der Waals surface area contributed by atoms with Gasteiger partial charge in [0.1, 0.15) is 0 Å². The van der Waals surface area contributed by atoms with Crippen LogP contribution in [0.1, 0.15) is 25.7 Å². The van der Waals surface area contributed by atoms with E-state index in [2.05, 4.69) is 5.32 Å². The summed E-state index contributed by atoms with van der Waals surface area (Å²) in [6.45, 7) is 0.760. The van der Waals surface area contributed by atoms with E-state index in [-0.39, 0.29) is 5.91 Å². The number of nitrogens with one attached hydrogen (secondary N) is 1. The van der Waals surface area contributed by atoms with Crippen LogP contribution in [0.2, 0.25) is 0 Å². The molecule has 2 saturated carbocycles. The molecule has 0 heterocycles. The van der Waals surface area contributed by atoms with Crippen LogP contribution in [-0.4, -0.2) is 17.3 Å². The van der Waals surface area contributed by atoms with E-state index in [0.717, 1.165) is 18.4 Å². The number of hydrogen-bond donors (Lipinski definition) is 1.